The molecule has 0 spiro atoms. The van der Waals surface area contributed by atoms with Gasteiger partial charge in [0, 0.05) is 64.2 Å². The molecule has 0 bridgehead atoms. The summed E-state index contributed by atoms with van der Waals surface area (Å²) < 4.78 is 0. The van der Waals surface area contributed by atoms with Crippen LogP contribution in [-0.4, -0.2) is 13.1 Å². The molecule has 2 aliphatic rings. The quantitative estimate of drug-likeness (QED) is 0.143. The van der Waals surface area contributed by atoms with Crippen LogP contribution in [0, 0.1) is 0 Å². The molecule has 0 atom stereocenters. The molecule has 66 heavy (non-hydrogen) atoms. The number of para-hydroxylation sites is 4. The van der Waals surface area contributed by atoms with Crippen LogP contribution in [0.2, 0.25) is 0 Å². The first-order valence-corrected chi connectivity index (χ1v) is 23.1. The lowest BCUT2D eigenvalue weighted by Gasteiger charge is -2.43. The van der Waals surface area contributed by atoms with Crippen molar-refractivity contribution < 1.29 is 0 Å². The maximum atomic E-state index is 3.71. The predicted octanol–water partition coefficient (Wildman–Crippen LogP) is 15.4. The van der Waals surface area contributed by atoms with Gasteiger partial charge in [0.15, 0.2) is 0 Å². The maximum Gasteiger partial charge on any atom is 0.0835 e. The molecule has 1 saturated heterocycles. The lowest BCUT2D eigenvalue weighted by atomic mass is 9.73. The number of hydrogen-bond donors (Lipinski definition) is 2. The van der Waals surface area contributed by atoms with Gasteiger partial charge in [-0.2, -0.15) is 0 Å². The molecule has 0 saturated carbocycles. The van der Waals surface area contributed by atoms with Crippen molar-refractivity contribution in [1.82, 2.24) is 10.6 Å². The highest BCUT2D eigenvalue weighted by Gasteiger charge is 2.38. The summed E-state index contributed by atoms with van der Waals surface area (Å²) in [5.41, 5.74) is 17.4. The summed E-state index contributed by atoms with van der Waals surface area (Å²) in [7, 11) is 0. The number of benzene rings is 9. The third-order valence-electron chi connectivity index (χ3n) is 13.5. The van der Waals surface area contributed by atoms with E-state index >= 15 is 0 Å². The van der Waals surface area contributed by atoms with E-state index in [0.717, 1.165) is 52.9 Å². The van der Waals surface area contributed by atoms with Crippen molar-refractivity contribution in [3.8, 4) is 11.1 Å². The zero-order valence-electron chi connectivity index (χ0n) is 37.4. The molecule has 0 aliphatic carbocycles. The summed E-state index contributed by atoms with van der Waals surface area (Å²) in [4.78, 5) is 7.19. The molecular weight excluding hydrogens is 803 g/mol. The van der Waals surface area contributed by atoms with Gasteiger partial charge in [-0.25, -0.2) is 0 Å². The Morgan fingerprint density at radius 3 is 1.23 bits per heavy atom. The summed E-state index contributed by atoms with van der Waals surface area (Å²) in [6.45, 7) is 6.64. The Labute approximate surface area is 389 Å². The minimum Gasteiger partial charge on any atom is -0.310 e. The van der Waals surface area contributed by atoms with Crippen LogP contribution in [0.25, 0.3) is 11.1 Å². The summed E-state index contributed by atoms with van der Waals surface area (Å²) in [6, 6.07) is 85.7. The molecule has 2 N–H and O–H groups in total. The molecule has 0 radical (unpaired) electrons. The molecule has 1 fully saturated rings. The normalized spacial score (nSPS) is 16.2. The summed E-state index contributed by atoms with van der Waals surface area (Å²) in [5.74, 6) is 0.413. The van der Waals surface area contributed by atoms with Crippen molar-refractivity contribution >= 4 is 51.2 Å². The molecule has 5 heteroatoms. The van der Waals surface area contributed by atoms with Gasteiger partial charge in [0.1, 0.15) is 0 Å². The van der Waals surface area contributed by atoms with Crippen molar-refractivity contribution in [3.05, 3.63) is 259 Å². The van der Waals surface area contributed by atoms with Crippen LogP contribution in [0.1, 0.15) is 48.2 Å². The van der Waals surface area contributed by atoms with Crippen molar-refractivity contribution in [2.24, 2.45) is 0 Å². The first-order valence-electron chi connectivity index (χ1n) is 23.1. The topological polar surface area (TPSA) is 33.8 Å². The highest BCUT2D eigenvalue weighted by molar-refractivity contribution is 5.90. The van der Waals surface area contributed by atoms with Gasteiger partial charge < -0.3 is 14.7 Å². The second-order valence-electron chi connectivity index (χ2n) is 17.9. The lowest BCUT2D eigenvalue weighted by molar-refractivity contribution is 0.348. The Morgan fingerprint density at radius 1 is 0.394 bits per heavy atom. The highest BCUT2D eigenvalue weighted by Crippen LogP contribution is 2.54. The molecule has 9 aromatic rings. The van der Waals surface area contributed by atoms with E-state index in [1.807, 2.05) is 0 Å². The fourth-order valence-corrected chi connectivity index (χ4v) is 10.0. The van der Waals surface area contributed by atoms with Gasteiger partial charge in [-0.05, 0) is 130 Å². The first kappa shape index (κ1) is 41.0. The van der Waals surface area contributed by atoms with Crippen molar-refractivity contribution in [2.75, 3.05) is 27.8 Å². The molecule has 11 rings (SSSR count). The lowest BCUT2D eigenvalue weighted by Crippen LogP contribution is -2.45. The van der Waals surface area contributed by atoms with Crippen molar-refractivity contribution in [3.63, 3.8) is 0 Å². The number of nitrogens with one attached hydrogen (secondary N) is 2. The van der Waals surface area contributed by atoms with Crippen LogP contribution in [0.5, 0.6) is 0 Å². The van der Waals surface area contributed by atoms with Crippen molar-refractivity contribution in [2.45, 2.75) is 31.3 Å². The molecule has 2 heterocycles. The van der Waals surface area contributed by atoms with E-state index in [-0.39, 0.29) is 11.6 Å². The Kier molecular flexibility index (Phi) is 11.0. The Bertz CT molecular complexity index is 3000. The van der Waals surface area contributed by atoms with Gasteiger partial charge >= 0.3 is 0 Å². The third kappa shape index (κ3) is 7.83. The minimum atomic E-state index is -0.354. The monoisotopic (exact) mass is 855 g/mol. The second-order valence-corrected chi connectivity index (χ2v) is 17.9. The van der Waals surface area contributed by atoms with E-state index in [4.69, 9.17) is 0 Å². The van der Waals surface area contributed by atoms with Gasteiger partial charge in [0.05, 0.1) is 17.5 Å². The van der Waals surface area contributed by atoms with E-state index in [1.54, 1.807) is 0 Å². The number of nitrogens with zero attached hydrogens (tertiary/aromatic N) is 3. The van der Waals surface area contributed by atoms with E-state index in [0.29, 0.717) is 5.92 Å². The average molecular weight is 856 g/mol. The minimum absolute atomic E-state index is 0.189. The Hall–Kier alpha value is -7.70. The van der Waals surface area contributed by atoms with Crippen LogP contribution in [0.3, 0.4) is 0 Å². The number of anilines is 9. The van der Waals surface area contributed by atoms with Gasteiger partial charge in [-0.1, -0.05) is 153 Å². The van der Waals surface area contributed by atoms with Gasteiger partial charge in [0.2, 0.25) is 0 Å². The second kappa shape index (κ2) is 17.7. The third-order valence-corrected chi connectivity index (χ3v) is 13.5. The first-order chi connectivity index (χ1) is 32.5. The molecule has 2 aliphatic heterocycles. The van der Waals surface area contributed by atoms with E-state index in [9.17, 15) is 0 Å². The number of fused-ring (bicyclic) bond motifs is 2. The van der Waals surface area contributed by atoms with Crippen molar-refractivity contribution in [1.29, 1.82) is 0 Å². The van der Waals surface area contributed by atoms with E-state index in [2.05, 4.69) is 276 Å². The number of rotatable bonds is 10. The molecule has 0 amide bonds. The SMILES string of the molecule is CC1(C)c2cc(N(c3ccccc3)c3ccccc3)ccc2N(c2ccccc2)c2ccc(N(c3ccccc3)c3ccc(-c4ccc(C5CNC(c6ccccc6)NC5)cc4)cc3)cc21. The zero-order valence-corrected chi connectivity index (χ0v) is 37.4. The summed E-state index contributed by atoms with van der Waals surface area (Å²) in [5, 5.41) is 7.41. The van der Waals surface area contributed by atoms with Crippen LogP contribution >= 0.6 is 0 Å². The summed E-state index contributed by atoms with van der Waals surface area (Å²) in [6.07, 6.45) is 0.189. The standard InChI is InChI=1S/C61H53N5/c1-61(2)56-40-54(64(49-20-10-4-11-21-49)50-22-12-5-13-23-50)36-38-58(56)66(52-26-16-7-17-27-52)59-39-37-55(41-57(59)61)65(51-24-14-6-15-25-51)53-34-32-45(33-35-53)44-28-30-46(31-29-44)48-42-62-60(63-43-48)47-18-8-3-9-19-47/h3-41,48,60,62-63H,42-43H2,1-2H3. The maximum absolute atomic E-state index is 3.71. The van der Waals surface area contributed by atoms with Crippen LogP contribution in [-0.2, 0) is 5.41 Å². The molecule has 0 unspecified atom stereocenters. The Morgan fingerprint density at radius 2 is 0.773 bits per heavy atom. The fourth-order valence-electron chi connectivity index (χ4n) is 10.0. The van der Waals surface area contributed by atoms with Crippen LogP contribution in [0.4, 0.5) is 51.2 Å². The molecule has 9 aromatic carbocycles. The largest absolute Gasteiger partial charge is 0.310 e. The molecule has 5 nitrogen and oxygen atoms in total. The fraction of sp³-hybridized carbons (Fsp3) is 0.115. The molecule has 322 valence electrons. The predicted molar refractivity (Wildman–Crippen MR) is 276 cm³/mol. The Balaban J connectivity index is 0.939. The van der Waals surface area contributed by atoms with E-state index in [1.165, 1.54) is 44.8 Å². The smallest absolute Gasteiger partial charge is 0.0835 e. The van der Waals surface area contributed by atoms with Gasteiger partial charge in [-0.15, -0.1) is 0 Å². The molecular formula is C61H53N5. The van der Waals surface area contributed by atoms with Crippen LogP contribution in [0.15, 0.2) is 237 Å². The zero-order chi connectivity index (χ0) is 44.5. The highest BCUT2D eigenvalue weighted by atomic mass is 15.2. The molecule has 0 aromatic heterocycles. The average Bonchev–Trinajstić information content (AvgIpc) is 3.39. The summed E-state index contributed by atoms with van der Waals surface area (Å²) >= 11 is 0. The number of hydrogen-bond acceptors (Lipinski definition) is 5. The van der Waals surface area contributed by atoms with Gasteiger partial charge in [0.25, 0.3) is 0 Å². The van der Waals surface area contributed by atoms with E-state index < -0.39 is 0 Å². The van der Waals surface area contributed by atoms with Gasteiger partial charge in [-0.3, -0.25) is 10.6 Å². The van der Waals surface area contributed by atoms with Crippen LogP contribution < -0.4 is 25.3 Å².